The molecule has 0 aliphatic carbocycles. The van der Waals surface area contributed by atoms with Crippen molar-refractivity contribution in [3.8, 4) is 0 Å². The lowest BCUT2D eigenvalue weighted by atomic mass is 10.2. The maximum atomic E-state index is 13.1. The minimum absolute atomic E-state index is 0.186. The number of carbonyl (C=O) groups is 1. The first kappa shape index (κ1) is 19.9. The summed E-state index contributed by atoms with van der Waals surface area (Å²) < 4.78 is 32.9. The maximum absolute atomic E-state index is 13.1. The summed E-state index contributed by atoms with van der Waals surface area (Å²) in [5.74, 6) is -0.257. The van der Waals surface area contributed by atoms with Gasteiger partial charge in [-0.3, -0.25) is 4.79 Å². The fourth-order valence-corrected chi connectivity index (χ4v) is 5.16. The molecule has 0 unspecified atom stereocenters. The Morgan fingerprint density at radius 1 is 0.931 bits per heavy atom. The van der Waals surface area contributed by atoms with Gasteiger partial charge in [-0.2, -0.15) is 4.31 Å². The third-order valence-corrected chi connectivity index (χ3v) is 7.20. The van der Waals surface area contributed by atoms with E-state index < -0.39 is 10.0 Å². The van der Waals surface area contributed by atoms with Crippen LogP contribution in [-0.2, 0) is 14.8 Å². The first-order chi connectivity index (χ1) is 14.1. The lowest BCUT2D eigenvalue weighted by Crippen LogP contribution is -2.40. The molecular formula is C21H25N3O4S. The molecule has 2 aliphatic rings. The number of sulfonamides is 1. The molecule has 1 N–H and O–H groups in total. The summed E-state index contributed by atoms with van der Waals surface area (Å²) in [6.45, 7) is 3.24. The van der Waals surface area contributed by atoms with Crippen LogP contribution in [-0.4, -0.2) is 58.0 Å². The predicted molar refractivity (Wildman–Crippen MR) is 112 cm³/mol. The third-order valence-electron chi connectivity index (χ3n) is 5.31. The van der Waals surface area contributed by atoms with Crippen molar-refractivity contribution in [1.82, 2.24) is 4.31 Å². The van der Waals surface area contributed by atoms with Crippen LogP contribution in [0.15, 0.2) is 53.4 Å². The summed E-state index contributed by atoms with van der Waals surface area (Å²) in [6, 6.07) is 13.9. The van der Waals surface area contributed by atoms with Crippen molar-refractivity contribution in [3.05, 3.63) is 54.1 Å². The summed E-state index contributed by atoms with van der Waals surface area (Å²) in [5.41, 5.74) is 1.91. The van der Waals surface area contributed by atoms with Gasteiger partial charge >= 0.3 is 0 Å². The van der Waals surface area contributed by atoms with Gasteiger partial charge in [0, 0.05) is 31.7 Å². The fraction of sp³-hybridized carbons (Fsp3) is 0.381. The van der Waals surface area contributed by atoms with Gasteiger partial charge in [0.15, 0.2) is 0 Å². The molecule has 0 aromatic heterocycles. The van der Waals surface area contributed by atoms with Crippen molar-refractivity contribution in [2.24, 2.45) is 0 Å². The maximum Gasteiger partial charge on any atom is 0.255 e. The van der Waals surface area contributed by atoms with Crippen LogP contribution in [0.3, 0.4) is 0 Å². The van der Waals surface area contributed by atoms with Crippen molar-refractivity contribution >= 4 is 27.3 Å². The van der Waals surface area contributed by atoms with Crippen LogP contribution in [0, 0.1) is 0 Å². The quantitative estimate of drug-likeness (QED) is 0.812. The molecule has 2 saturated heterocycles. The predicted octanol–water partition coefficient (Wildman–Crippen LogP) is 2.56. The van der Waals surface area contributed by atoms with Gasteiger partial charge in [-0.25, -0.2) is 8.42 Å². The number of morpholine rings is 1. The van der Waals surface area contributed by atoms with E-state index in [-0.39, 0.29) is 10.8 Å². The molecule has 1 amide bonds. The Bertz CT molecular complexity index is 967. The van der Waals surface area contributed by atoms with Gasteiger partial charge < -0.3 is 15.0 Å². The number of hydrogen-bond acceptors (Lipinski definition) is 5. The molecule has 7 nitrogen and oxygen atoms in total. The van der Waals surface area contributed by atoms with E-state index in [0.717, 1.165) is 31.6 Å². The standard InChI is InChI=1S/C21H25N3O4S/c25-21(17-6-2-1-3-7-17)22-19-16-18(8-9-20(19)23-10-4-5-11-23)29(26,27)24-12-14-28-15-13-24/h1-3,6-9,16H,4-5,10-15H2,(H,22,25). The summed E-state index contributed by atoms with van der Waals surface area (Å²) >= 11 is 0. The molecule has 2 fully saturated rings. The van der Waals surface area contributed by atoms with Gasteiger partial charge in [0.25, 0.3) is 5.91 Å². The van der Waals surface area contributed by atoms with Gasteiger partial charge in [-0.1, -0.05) is 18.2 Å². The minimum atomic E-state index is -3.64. The summed E-state index contributed by atoms with van der Waals surface area (Å²) in [4.78, 5) is 15.1. The van der Waals surface area contributed by atoms with Gasteiger partial charge in [0.05, 0.1) is 29.5 Å². The molecule has 0 saturated carbocycles. The Balaban J connectivity index is 1.68. The van der Waals surface area contributed by atoms with E-state index in [1.165, 1.54) is 4.31 Å². The van der Waals surface area contributed by atoms with Crippen LogP contribution in [0.5, 0.6) is 0 Å². The van der Waals surface area contributed by atoms with Crippen LogP contribution < -0.4 is 10.2 Å². The van der Waals surface area contributed by atoms with Crippen LogP contribution in [0.1, 0.15) is 23.2 Å². The highest BCUT2D eigenvalue weighted by Crippen LogP contribution is 2.32. The van der Waals surface area contributed by atoms with Crippen molar-refractivity contribution in [2.75, 3.05) is 49.6 Å². The molecule has 4 rings (SSSR count). The Morgan fingerprint density at radius 3 is 2.31 bits per heavy atom. The highest BCUT2D eigenvalue weighted by Gasteiger charge is 2.28. The molecule has 0 radical (unpaired) electrons. The molecule has 154 valence electrons. The summed E-state index contributed by atoms with van der Waals surface area (Å²) in [5, 5.41) is 2.93. The van der Waals surface area contributed by atoms with E-state index in [1.54, 1.807) is 42.5 Å². The molecule has 29 heavy (non-hydrogen) atoms. The number of nitrogens with zero attached hydrogens (tertiary/aromatic N) is 2. The zero-order valence-corrected chi connectivity index (χ0v) is 17.0. The minimum Gasteiger partial charge on any atom is -0.379 e. The lowest BCUT2D eigenvalue weighted by Gasteiger charge is -2.27. The molecule has 2 aromatic carbocycles. The highest BCUT2D eigenvalue weighted by molar-refractivity contribution is 7.89. The average Bonchev–Trinajstić information content (AvgIpc) is 3.29. The Morgan fingerprint density at radius 2 is 1.62 bits per heavy atom. The van der Waals surface area contributed by atoms with Gasteiger partial charge in [0.1, 0.15) is 0 Å². The van der Waals surface area contributed by atoms with Crippen LogP contribution in [0.25, 0.3) is 0 Å². The zero-order chi connectivity index (χ0) is 20.3. The molecule has 0 atom stereocenters. The number of hydrogen-bond donors (Lipinski definition) is 1. The molecule has 8 heteroatoms. The largest absolute Gasteiger partial charge is 0.379 e. The second-order valence-corrected chi connectivity index (χ2v) is 9.15. The number of carbonyl (C=O) groups excluding carboxylic acids is 1. The number of nitrogens with one attached hydrogen (secondary N) is 1. The van der Waals surface area contributed by atoms with Gasteiger partial charge in [0.2, 0.25) is 10.0 Å². The number of amides is 1. The normalized spacial score (nSPS) is 18.0. The Kier molecular flexibility index (Phi) is 5.84. The van der Waals surface area contributed by atoms with Crippen molar-refractivity contribution in [2.45, 2.75) is 17.7 Å². The van der Waals surface area contributed by atoms with Gasteiger partial charge in [-0.05, 0) is 43.2 Å². The second kappa shape index (κ2) is 8.52. The van der Waals surface area contributed by atoms with Crippen LogP contribution in [0.2, 0.25) is 0 Å². The molecule has 2 aliphatic heterocycles. The molecule has 0 spiro atoms. The molecule has 2 heterocycles. The van der Waals surface area contributed by atoms with Crippen molar-refractivity contribution in [3.63, 3.8) is 0 Å². The first-order valence-electron chi connectivity index (χ1n) is 9.89. The van der Waals surface area contributed by atoms with Crippen LogP contribution >= 0.6 is 0 Å². The average molecular weight is 416 g/mol. The summed E-state index contributed by atoms with van der Waals surface area (Å²) in [6.07, 6.45) is 2.17. The van der Waals surface area contributed by atoms with Gasteiger partial charge in [-0.15, -0.1) is 0 Å². The Hall–Kier alpha value is -2.42. The molecule has 2 aromatic rings. The fourth-order valence-electron chi connectivity index (χ4n) is 3.73. The molecular weight excluding hydrogens is 390 g/mol. The van der Waals surface area contributed by atoms with Crippen molar-refractivity contribution in [1.29, 1.82) is 0 Å². The van der Waals surface area contributed by atoms with Crippen molar-refractivity contribution < 1.29 is 17.9 Å². The van der Waals surface area contributed by atoms with E-state index in [4.69, 9.17) is 4.74 Å². The summed E-state index contributed by atoms with van der Waals surface area (Å²) in [7, 11) is -3.64. The SMILES string of the molecule is O=C(Nc1cc(S(=O)(=O)N2CCOCC2)ccc1N1CCCC1)c1ccccc1. The van der Waals surface area contributed by atoms with Crippen LogP contribution in [0.4, 0.5) is 11.4 Å². The number of rotatable bonds is 5. The Labute approximate surface area is 171 Å². The smallest absolute Gasteiger partial charge is 0.255 e. The lowest BCUT2D eigenvalue weighted by molar-refractivity contribution is 0.0730. The monoisotopic (exact) mass is 415 g/mol. The number of benzene rings is 2. The van der Waals surface area contributed by atoms with E-state index >= 15 is 0 Å². The first-order valence-corrected chi connectivity index (χ1v) is 11.3. The van der Waals surface area contributed by atoms with E-state index in [9.17, 15) is 13.2 Å². The van der Waals surface area contributed by atoms with E-state index in [2.05, 4.69) is 10.2 Å². The highest BCUT2D eigenvalue weighted by atomic mass is 32.2. The van der Waals surface area contributed by atoms with E-state index in [1.807, 2.05) is 6.07 Å². The topological polar surface area (TPSA) is 79.0 Å². The number of anilines is 2. The zero-order valence-electron chi connectivity index (χ0n) is 16.2. The number of ether oxygens (including phenoxy) is 1. The molecule has 0 bridgehead atoms. The van der Waals surface area contributed by atoms with E-state index in [0.29, 0.717) is 37.6 Å². The third kappa shape index (κ3) is 4.29. The second-order valence-electron chi connectivity index (χ2n) is 7.21.